The molecule has 0 saturated carbocycles. The van der Waals surface area contributed by atoms with Gasteiger partial charge in [0.25, 0.3) is 0 Å². The summed E-state index contributed by atoms with van der Waals surface area (Å²) in [6.07, 6.45) is 1.04. The maximum Gasteiger partial charge on any atom is 0.515 e. The minimum atomic E-state index is -1.08. The van der Waals surface area contributed by atoms with Gasteiger partial charge < -0.3 is 9.47 Å². The Bertz CT molecular complexity index is 767. The highest BCUT2D eigenvalue weighted by Gasteiger charge is 2.42. The fourth-order valence-corrected chi connectivity index (χ4v) is 2.09. The van der Waals surface area contributed by atoms with Crippen molar-refractivity contribution in [2.24, 2.45) is 0 Å². The number of benzene rings is 2. The van der Waals surface area contributed by atoms with Gasteiger partial charge >= 0.3 is 6.16 Å². The highest BCUT2D eigenvalue weighted by molar-refractivity contribution is 5.72. The van der Waals surface area contributed by atoms with Crippen molar-refractivity contribution >= 4 is 12.2 Å². The Labute approximate surface area is 129 Å². The van der Waals surface area contributed by atoms with Gasteiger partial charge in [-0.2, -0.15) is 0 Å². The van der Waals surface area contributed by atoms with E-state index in [0.717, 1.165) is 11.1 Å². The molecule has 0 radical (unpaired) electrons. The van der Waals surface area contributed by atoms with Gasteiger partial charge in [0.2, 0.25) is 5.60 Å². The molecule has 0 aromatic heterocycles. The van der Waals surface area contributed by atoms with Gasteiger partial charge in [0.05, 0.1) is 0 Å². The third-order valence-corrected chi connectivity index (χ3v) is 3.27. The SMILES string of the molecule is C[C@@]1(C#Cc2ccccc2)OC(=O)O/C1=C\c1ccccc1. The van der Waals surface area contributed by atoms with E-state index < -0.39 is 11.8 Å². The molecule has 1 fully saturated rings. The molecule has 0 unspecified atom stereocenters. The quantitative estimate of drug-likeness (QED) is 0.588. The first-order valence-corrected chi connectivity index (χ1v) is 6.92. The van der Waals surface area contributed by atoms with E-state index in [9.17, 15) is 4.79 Å². The topological polar surface area (TPSA) is 35.5 Å². The van der Waals surface area contributed by atoms with E-state index >= 15 is 0 Å². The second-order valence-electron chi connectivity index (χ2n) is 5.02. The van der Waals surface area contributed by atoms with Crippen LogP contribution in [0.1, 0.15) is 18.1 Å². The van der Waals surface area contributed by atoms with Crippen LogP contribution in [0.25, 0.3) is 6.08 Å². The van der Waals surface area contributed by atoms with E-state index in [4.69, 9.17) is 9.47 Å². The summed E-state index contributed by atoms with van der Waals surface area (Å²) in [5.74, 6) is 6.40. The maximum absolute atomic E-state index is 11.5. The van der Waals surface area contributed by atoms with Crippen molar-refractivity contribution in [2.45, 2.75) is 12.5 Å². The summed E-state index contributed by atoms with van der Waals surface area (Å²) in [7, 11) is 0. The molecule has 1 saturated heterocycles. The Morgan fingerprint density at radius 2 is 1.64 bits per heavy atom. The molecule has 3 heteroatoms. The first kappa shape index (κ1) is 14.0. The molecule has 108 valence electrons. The van der Waals surface area contributed by atoms with Gasteiger partial charge in [-0.15, -0.1) is 0 Å². The van der Waals surface area contributed by atoms with E-state index in [1.165, 1.54) is 0 Å². The first-order valence-electron chi connectivity index (χ1n) is 6.92. The number of cyclic esters (lactones) is 2. The third kappa shape index (κ3) is 3.02. The average Bonchev–Trinajstić information content (AvgIpc) is 2.82. The molecule has 2 aromatic rings. The molecule has 0 amide bonds. The summed E-state index contributed by atoms with van der Waals surface area (Å²) in [5, 5.41) is 0. The third-order valence-electron chi connectivity index (χ3n) is 3.27. The molecule has 3 rings (SSSR count). The molecule has 0 aliphatic carbocycles. The zero-order chi connectivity index (χ0) is 15.4. The highest BCUT2D eigenvalue weighted by Crippen LogP contribution is 2.31. The average molecular weight is 290 g/mol. The largest absolute Gasteiger partial charge is 0.515 e. The normalized spacial score (nSPS) is 21.7. The van der Waals surface area contributed by atoms with Crippen LogP contribution in [0.15, 0.2) is 66.4 Å². The maximum atomic E-state index is 11.5. The molecule has 0 bridgehead atoms. The Balaban J connectivity index is 1.95. The molecule has 0 N–H and O–H groups in total. The van der Waals surface area contributed by atoms with E-state index in [1.54, 1.807) is 13.0 Å². The van der Waals surface area contributed by atoms with Crippen LogP contribution in [0, 0.1) is 11.8 Å². The molecule has 1 aliphatic heterocycles. The van der Waals surface area contributed by atoms with Crippen molar-refractivity contribution in [1.82, 2.24) is 0 Å². The van der Waals surface area contributed by atoms with Crippen LogP contribution >= 0.6 is 0 Å². The van der Waals surface area contributed by atoms with E-state index in [1.807, 2.05) is 60.7 Å². The summed E-state index contributed by atoms with van der Waals surface area (Å²) >= 11 is 0. The summed E-state index contributed by atoms with van der Waals surface area (Å²) in [5.41, 5.74) is 0.692. The lowest BCUT2D eigenvalue weighted by Gasteiger charge is -2.13. The lowest BCUT2D eigenvalue weighted by molar-refractivity contribution is 0.104. The van der Waals surface area contributed by atoms with E-state index in [2.05, 4.69) is 11.8 Å². The fourth-order valence-electron chi connectivity index (χ4n) is 2.09. The van der Waals surface area contributed by atoms with Crippen LogP contribution in [0.3, 0.4) is 0 Å². The predicted octanol–water partition coefficient (Wildman–Crippen LogP) is 4.00. The van der Waals surface area contributed by atoms with Crippen molar-refractivity contribution in [1.29, 1.82) is 0 Å². The van der Waals surface area contributed by atoms with Crippen LogP contribution in [-0.2, 0) is 9.47 Å². The van der Waals surface area contributed by atoms with Gasteiger partial charge in [-0.25, -0.2) is 4.79 Å². The van der Waals surface area contributed by atoms with Crippen LogP contribution < -0.4 is 0 Å². The Morgan fingerprint density at radius 1 is 1.00 bits per heavy atom. The summed E-state index contributed by atoms with van der Waals surface area (Å²) in [4.78, 5) is 11.5. The standard InChI is InChI=1S/C19H14O3/c1-19(13-12-15-8-4-2-5-9-15)17(21-18(20)22-19)14-16-10-6-3-7-11-16/h2-11,14H,1H3/b17-14-/t19-/m0/s1. The molecule has 1 heterocycles. The number of carbonyl (C=O) groups excluding carboxylic acids is 1. The first-order chi connectivity index (χ1) is 10.7. The van der Waals surface area contributed by atoms with E-state index in [0.29, 0.717) is 5.76 Å². The zero-order valence-corrected chi connectivity index (χ0v) is 12.1. The van der Waals surface area contributed by atoms with E-state index in [-0.39, 0.29) is 0 Å². The number of hydrogen-bond acceptors (Lipinski definition) is 3. The molecule has 22 heavy (non-hydrogen) atoms. The Hall–Kier alpha value is -2.99. The fraction of sp³-hybridized carbons (Fsp3) is 0.105. The van der Waals surface area contributed by atoms with Gasteiger partial charge in [-0.3, -0.25) is 0 Å². The molecule has 1 atom stereocenters. The second-order valence-corrected chi connectivity index (χ2v) is 5.02. The molecular weight excluding hydrogens is 276 g/mol. The molecule has 1 aliphatic rings. The number of hydrogen-bond donors (Lipinski definition) is 0. The second kappa shape index (κ2) is 5.79. The lowest BCUT2D eigenvalue weighted by atomic mass is 10.0. The van der Waals surface area contributed by atoms with Crippen LogP contribution in [0.5, 0.6) is 0 Å². The van der Waals surface area contributed by atoms with Crippen LogP contribution in [0.2, 0.25) is 0 Å². The van der Waals surface area contributed by atoms with Gasteiger partial charge in [0.15, 0.2) is 5.76 Å². The molecule has 2 aromatic carbocycles. The summed E-state index contributed by atoms with van der Waals surface area (Å²) < 4.78 is 10.4. The lowest BCUT2D eigenvalue weighted by Crippen LogP contribution is -2.23. The minimum absolute atomic E-state index is 0.395. The summed E-state index contributed by atoms with van der Waals surface area (Å²) in [6, 6.07) is 19.1. The summed E-state index contributed by atoms with van der Waals surface area (Å²) in [6.45, 7) is 1.72. The van der Waals surface area contributed by atoms with Crippen molar-refractivity contribution in [2.75, 3.05) is 0 Å². The molecule has 0 spiro atoms. The number of rotatable bonds is 1. The highest BCUT2D eigenvalue weighted by atomic mass is 16.8. The van der Waals surface area contributed by atoms with Crippen LogP contribution in [-0.4, -0.2) is 11.8 Å². The van der Waals surface area contributed by atoms with Crippen LogP contribution in [0.4, 0.5) is 4.79 Å². The number of ether oxygens (including phenoxy) is 2. The smallest absolute Gasteiger partial charge is 0.407 e. The number of carbonyl (C=O) groups is 1. The monoisotopic (exact) mass is 290 g/mol. The minimum Gasteiger partial charge on any atom is -0.407 e. The molecular formula is C19H14O3. The van der Waals surface area contributed by atoms with Gasteiger partial charge in [0.1, 0.15) is 0 Å². The Kier molecular flexibility index (Phi) is 3.67. The van der Waals surface area contributed by atoms with Crippen molar-refractivity contribution in [3.8, 4) is 11.8 Å². The van der Waals surface area contributed by atoms with Crippen molar-refractivity contribution < 1.29 is 14.3 Å². The zero-order valence-electron chi connectivity index (χ0n) is 12.1. The Morgan fingerprint density at radius 3 is 2.32 bits per heavy atom. The van der Waals surface area contributed by atoms with Crippen molar-refractivity contribution in [3.63, 3.8) is 0 Å². The van der Waals surface area contributed by atoms with Gasteiger partial charge in [0, 0.05) is 5.56 Å². The van der Waals surface area contributed by atoms with Gasteiger partial charge in [-0.1, -0.05) is 54.5 Å². The van der Waals surface area contributed by atoms with Gasteiger partial charge in [-0.05, 0) is 36.6 Å². The predicted molar refractivity (Wildman–Crippen MR) is 83.7 cm³/mol. The molecule has 3 nitrogen and oxygen atoms in total. The van der Waals surface area contributed by atoms with Crippen molar-refractivity contribution in [3.05, 3.63) is 77.5 Å².